The van der Waals surface area contributed by atoms with Gasteiger partial charge in [-0.15, -0.1) is 10.2 Å². The second kappa shape index (κ2) is 6.93. The first-order valence-corrected chi connectivity index (χ1v) is 10.0. The summed E-state index contributed by atoms with van der Waals surface area (Å²) in [4.78, 5) is 11.5. The Morgan fingerprint density at radius 2 is 1.68 bits per heavy atom. The number of aryl methyl sites for hydroxylation is 1. The van der Waals surface area contributed by atoms with Gasteiger partial charge in [0, 0.05) is 11.4 Å². The predicted molar refractivity (Wildman–Crippen MR) is 106 cm³/mol. The molecule has 1 aliphatic rings. The highest BCUT2D eigenvalue weighted by Crippen LogP contribution is 2.26. The summed E-state index contributed by atoms with van der Waals surface area (Å²) in [6, 6.07) is 15.4. The molecule has 0 bridgehead atoms. The van der Waals surface area contributed by atoms with E-state index in [2.05, 4.69) is 25.6 Å². The Morgan fingerprint density at radius 1 is 0.964 bits per heavy atom. The maximum Gasteiger partial charge on any atom is 0.263 e. The fraction of sp³-hybridized carbons (Fsp3) is 0.105. The van der Waals surface area contributed by atoms with Crippen LogP contribution in [-0.2, 0) is 21.2 Å². The number of rotatable bonds is 5. The van der Waals surface area contributed by atoms with Crippen molar-refractivity contribution >= 4 is 38.9 Å². The van der Waals surface area contributed by atoms with Crippen molar-refractivity contribution in [3.8, 4) is 0 Å². The molecule has 2 aromatic carbocycles. The average molecular weight is 395 g/mol. The van der Waals surface area contributed by atoms with Crippen LogP contribution in [0.15, 0.2) is 59.5 Å². The highest BCUT2D eigenvalue weighted by atomic mass is 32.2. The van der Waals surface area contributed by atoms with E-state index < -0.39 is 10.0 Å². The van der Waals surface area contributed by atoms with Crippen LogP contribution in [-0.4, -0.2) is 24.5 Å². The van der Waals surface area contributed by atoms with Gasteiger partial charge in [0.1, 0.15) is 0 Å². The van der Waals surface area contributed by atoms with E-state index in [0.29, 0.717) is 17.1 Å². The molecule has 0 spiro atoms. The van der Waals surface area contributed by atoms with E-state index in [1.165, 1.54) is 18.2 Å². The number of carbonyl (C=O) groups is 1. The molecule has 3 aromatic rings. The molecule has 4 rings (SSSR count). The lowest BCUT2D eigenvalue weighted by Crippen LogP contribution is -2.14. The van der Waals surface area contributed by atoms with Crippen LogP contribution in [0, 0.1) is 6.92 Å². The number of carbonyl (C=O) groups excluding carboxylic acids is 1. The number of sulfonamides is 1. The first-order chi connectivity index (χ1) is 13.4. The summed E-state index contributed by atoms with van der Waals surface area (Å²) in [6.07, 6.45) is 0.165. The van der Waals surface area contributed by atoms with Gasteiger partial charge in [-0.3, -0.25) is 9.52 Å². The number of nitrogens with zero attached hydrogens (tertiary/aromatic N) is 2. The van der Waals surface area contributed by atoms with Gasteiger partial charge >= 0.3 is 0 Å². The van der Waals surface area contributed by atoms with Crippen LogP contribution >= 0.6 is 0 Å². The Bertz CT molecular complexity index is 1140. The smallest absolute Gasteiger partial charge is 0.263 e. The van der Waals surface area contributed by atoms with Crippen molar-refractivity contribution in [1.29, 1.82) is 0 Å². The van der Waals surface area contributed by atoms with Gasteiger partial charge in [-0.2, -0.15) is 0 Å². The molecule has 1 amide bonds. The average Bonchev–Trinajstić information content (AvgIpc) is 3.04. The minimum atomic E-state index is -3.84. The molecule has 3 N–H and O–H groups in total. The molecule has 0 fully saturated rings. The topological polar surface area (TPSA) is 113 Å². The third kappa shape index (κ3) is 3.79. The summed E-state index contributed by atoms with van der Waals surface area (Å²) in [5.74, 6) is 0.443. The molecule has 1 aromatic heterocycles. The molecular weight excluding hydrogens is 378 g/mol. The number of fused-ring (bicyclic) bond motifs is 1. The van der Waals surface area contributed by atoms with E-state index in [9.17, 15) is 13.2 Å². The molecule has 0 unspecified atom stereocenters. The molecule has 0 aliphatic carbocycles. The molecule has 2 heterocycles. The number of hydrogen-bond acceptors (Lipinski definition) is 6. The quantitative estimate of drug-likeness (QED) is 0.612. The van der Waals surface area contributed by atoms with E-state index in [0.717, 1.165) is 11.3 Å². The van der Waals surface area contributed by atoms with Gasteiger partial charge in [-0.1, -0.05) is 17.7 Å². The number of aromatic nitrogens is 2. The summed E-state index contributed by atoms with van der Waals surface area (Å²) < 4.78 is 27.6. The molecule has 8 nitrogen and oxygen atoms in total. The van der Waals surface area contributed by atoms with Crippen molar-refractivity contribution in [3.05, 3.63) is 65.7 Å². The summed E-state index contributed by atoms with van der Waals surface area (Å²) in [5.41, 5.74) is 3.29. The Labute approximate surface area is 162 Å². The summed E-state index contributed by atoms with van der Waals surface area (Å²) >= 11 is 0. The zero-order chi connectivity index (χ0) is 19.7. The molecular formula is C19H17N5O3S. The van der Waals surface area contributed by atoms with Crippen LogP contribution < -0.4 is 15.4 Å². The maximum absolute atomic E-state index is 12.6. The highest BCUT2D eigenvalue weighted by Gasteiger charge is 2.22. The van der Waals surface area contributed by atoms with Gasteiger partial charge in [-0.25, -0.2) is 8.42 Å². The van der Waals surface area contributed by atoms with Crippen molar-refractivity contribution < 1.29 is 13.2 Å². The number of anilines is 4. The van der Waals surface area contributed by atoms with Crippen LogP contribution in [0.2, 0.25) is 0 Å². The van der Waals surface area contributed by atoms with Crippen LogP contribution in [0.1, 0.15) is 11.1 Å². The molecule has 0 saturated heterocycles. The molecule has 0 saturated carbocycles. The number of nitrogens with one attached hydrogen (secondary N) is 3. The first-order valence-electron chi connectivity index (χ1n) is 8.52. The molecule has 142 valence electrons. The molecule has 9 heteroatoms. The highest BCUT2D eigenvalue weighted by molar-refractivity contribution is 7.92. The van der Waals surface area contributed by atoms with Crippen molar-refractivity contribution in [2.75, 3.05) is 15.4 Å². The SMILES string of the molecule is Cc1ccc(Nc2ccc(NS(=O)(=O)c3ccc4c(c3)CC(=O)N4)nn2)cc1. The molecule has 1 aliphatic heterocycles. The van der Waals surface area contributed by atoms with Gasteiger partial charge in [0.25, 0.3) is 10.0 Å². The minimum absolute atomic E-state index is 0.0615. The lowest BCUT2D eigenvalue weighted by molar-refractivity contribution is -0.115. The molecule has 28 heavy (non-hydrogen) atoms. The van der Waals surface area contributed by atoms with Crippen LogP contribution in [0.5, 0.6) is 0 Å². The Morgan fingerprint density at radius 3 is 2.39 bits per heavy atom. The van der Waals surface area contributed by atoms with Crippen LogP contribution in [0.4, 0.5) is 23.0 Å². The van der Waals surface area contributed by atoms with Crippen molar-refractivity contribution in [2.24, 2.45) is 0 Å². The van der Waals surface area contributed by atoms with Crippen molar-refractivity contribution in [1.82, 2.24) is 10.2 Å². The Hall–Kier alpha value is -3.46. The van der Waals surface area contributed by atoms with Gasteiger partial charge in [0.15, 0.2) is 11.6 Å². The number of hydrogen-bond donors (Lipinski definition) is 3. The monoisotopic (exact) mass is 395 g/mol. The third-order valence-electron chi connectivity index (χ3n) is 4.24. The zero-order valence-electron chi connectivity index (χ0n) is 14.9. The second-order valence-electron chi connectivity index (χ2n) is 6.44. The van der Waals surface area contributed by atoms with Gasteiger partial charge in [0.2, 0.25) is 5.91 Å². The van der Waals surface area contributed by atoms with E-state index in [1.54, 1.807) is 12.1 Å². The summed E-state index contributed by atoms with van der Waals surface area (Å²) in [6.45, 7) is 2.00. The third-order valence-corrected chi connectivity index (χ3v) is 5.59. The fourth-order valence-corrected chi connectivity index (χ4v) is 3.85. The lowest BCUT2D eigenvalue weighted by Gasteiger charge is -2.09. The van der Waals surface area contributed by atoms with Crippen LogP contribution in [0.25, 0.3) is 0 Å². The van der Waals surface area contributed by atoms with E-state index >= 15 is 0 Å². The Balaban J connectivity index is 1.48. The van der Waals surface area contributed by atoms with E-state index in [1.807, 2.05) is 31.2 Å². The first kappa shape index (κ1) is 17.9. The molecule has 0 atom stereocenters. The zero-order valence-corrected chi connectivity index (χ0v) is 15.7. The van der Waals surface area contributed by atoms with Gasteiger partial charge < -0.3 is 10.6 Å². The summed E-state index contributed by atoms with van der Waals surface area (Å²) in [5, 5.41) is 13.7. The number of benzene rings is 2. The van der Waals surface area contributed by atoms with E-state index in [-0.39, 0.29) is 23.0 Å². The van der Waals surface area contributed by atoms with Gasteiger partial charge in [-0.05, 0) is 55.0 Å². The predicted octanol–water partition coefficient (Wildman–Crippen LogP) is 2.82. The standard InChI is InChI=1S/C19H17N5O3S/c1-12-2-4-14(5-3-12)20-17-8-9-18(23-22-17)24-28(26,27)15-6-7-16-13(10-15)11-19(25)21-16/h2-10H,11H2,1H3,(H,20,22)(H,21,25)(H,23,24). The van der Waals surface area contributed by atoms with Crippen molar-refractivity contribution in [2.45, 2.75) is 18.2 Å². The normalized spacial score (nSPS) is 13.0. The largest absolute Gasteiger partial charge is 0.339 e. The lowest BCUT2D eigenvalue weighted by atomic mass is 10.2. The molecule has 0 radical (unpaired) electrons. The Kier molecular flexibility index (Phi) is 4.44. The van der Waals surface area contributed by atoms with E-state index in [4.69, 9.17) is 0 Å². The second-order valence-corrected chi connectivity index (χ2v) is 8.13. The summed E-state index contributed by atoms with van der Waals surface area (Å²) in [7, 11) is -3.84. The maximum atomic E-state index is 12.6. The van der Waals surface area contributed by atoms with Crippen molar-refractivity contribution in [3.63, 3.8) is 0 Å². The van der Waals surface area contributed by atoms with Gasteiger partial charge in [0.05, 0.1) is 11.3 Å². The fourth-order valence-electron chi connectivity index (χ4n) is 2.81. The van der Waals surface area contributed by atoms with Crippen LogP contribution in [0.3, 0.4) is 0 Å². The minimum Gasteiger partial charge on any atom is -0.339 e. The number of amides is 1.